The third-order valence-corrected chi connectivity index (χ3v) is 1.60. The number of nitrogens with zero attached hydrogens (tertiary/aromatic N) is 1. The van der Waals surface area contributed by atoms with E-state index < -0.39 is 0 Å². The normalized spacial score (nSPS) is 8.50. The second kappa shape index (κ2) is 6.95. The molecule has 0 aromatic heterocycles. The number of aliphatic imine (C=N–C) groups is 1. The summed E-state index contributed by atoms with van der Waals surface area (Å²) in [5.41, 5.74) is 12.5. The highest BCUT2D eigenvalue weighted by Crippen LogP contribution is 2.12. The molecule has 0 heterocycles. The molecule has 1 aromatic carbocycles. The molecule has 3 heteroatoms. The van der Waals surface area contributed by atoms with Crippen LogP contribution in [0.25, 0.3) is 0 Å². The maximum Gasteiger partial charge on any atom is 0.191 e. The predicted molar refractivity (Wildman–Crippen MR) is 62.6 cm³/mol. The predicted octanol–water partition coefficient (Wildman–Crippen LogP) is 2.18. The molecule has 3 nitrogen and oxygen atoms in total. The minimum atomic E-state index is 0.0965. The van der Waals surface area contributed by atoms with E-state index in [1.807, 2.05) is 38.1 Å². The van der Waals surface area contributed by atoms with E-state index in [-0.39, 0.29) is 5.96 Å². The molecule has 1 rings (SSSR count). The molecule has 0 spiro atoms. The Balaban J connectivity index is 0.000000791. The second-order valence-corrected chi connectivity index (χ2v) is 2.56. The Labute approximate surface area is 85.8 Å². The van der Waals surface area contributed by atoms with Crippen molar-refractivity contribution in [3.8, 4) is 0 Å². The van der Waals surface area contributed by atoms with Crippen molar-refractivity contribution in [3.63, 3.8) is 0 Å². The molecule has 0 saturated carbocycles. The van der Waals surface area contributed by atoms with Crippen LogP contribution >= 0.6 is 0 Å². The minimum Gasteiger partial charge on any atom is -0.370 e. The Morgan fingerprint density at radius 1 is 1.14 bits per heavy atom. The van der Waals surface area contributed by atoms with Gasteiger partial charge < -0.3 is 11.5 Å². The summed E-state index contributed by atoms with van der Waals surface area (Å²) in [4.78, 5) is 3.91. The molecule has 78 valence electrons. The van der Waals surface area contributed by atoms with Gasteiger partial charge in [-0.05, 0) is 24.1 Å². The summed E-state index contributed by atoms with van der Waals surface area (Å²) in [5.74, 6) is 0.0965. The summed E-state index contributed by atoms with van der Waals surface area (Å²) in [6.07, 6.45) is 1.03. The molecule has 0 unspecified atom stereocenters. The van der Waals surface area contributed by atoms with Gasteiger partial charge in [-0.25, -0.2) is 4.99 Å². The zero-order valence-electron chi connectivity index (χ0n) is 9.12. The Hall–Kier alpha value is -1.51. The topological polar surface area (TPSA) is 64.4 Å². The number of hydrogen-bond acceptors (Lipinski definition) is 1. The van der Waals surface area contributed by atoms with Gasteiger partial charge >= 0.3 is 0 Å². The molecule has 0 fully saturated rings. The second-order valence-electron chi connectivity index (χ2n) is 2.56. The van der Waals surface area contributed by atoms with Crippen molar-refractivity contribution in [1.82, 2.24) is 0 Å². The Kier molecular flexibility index (Phi) is 6.20. The zero-order chi connectivity index (χ0) is 11.0. The lowest BCUT2D eigenvalue weighted by atomic mass is 10.2. The number of hydrogen-bond donors (Lipinski definition) is 2. The molecule has 0 aliphatic rings. The molecule has 0 saturated heterocycles. The van der Waals surface area contributed by atoms with Crippen LogP contribution in [0.1, 0.15) is 26.3 Å². The highest BCUT2D eigenvalue weighted by molar-refractivity contribution is 5.78. The van der Waals surface area contributed by atoms with Crippen molar-refractivity contribution >= 4 is 11.6 Å². The summed E-state index contributed by atoms with van der Waals surface area (Å²) in [6.45, 7) is 6.11. The molecule has 0 radical (unpaired) electrons. The lowest BCUT2D eigenvalue weighted by Gasteiger charge is -1.97. The van der Waals surface area contributed by atoms with Gasteiger partial charge in [0.1, 0.15) is 0 Å². The van der Waals surface area contributed by atoms with Crippen LogP contribution in [-0.4, -0.2) is 5.96 Å². The standard InChI is InChI=1S/C9H13N3.C2H6/c1-2-7-3-5-8(6-4-7)12-9(10)11;1-2/h3-6H,2H2,1H3,(H4,10,11,12);1-2H3. The van der Waals surface area contributed by atoms with Crippen LogP contribution in [-0.2, 0) is 6.42 Å². The number of rotatable bonds is 2. The maximum absolute atomic E-state index is 5.22. The first-order valence-electron chi connectivity index (χ1n) is 4.91. The van der Waals surface area contributed by atoms with E-state index in [1.165, 1.54) is 5.56 Å². The lowest BCUT2D eigenvalue weighted by Crippen LogP contribution is -2.21. The van der Waals surface area contributed by atoms with Crippen molar-refractivity contribution in [2.75, 3.05) is 0 Å². The van der Waals surface area contributed by atoms with E-state index in [0.717, 1.165) is 12.1 Å². The largest absolute Gasteiger partial charge is 0.370 e. The van der Waals surface area contributed by atoms with Crippen LogP contribution in [0.15, 0.2) is 29.3 Å². The third-order valence-electron chi connectivity index (χ3n) is 1.60. The van der Waals surface area contributed by atoms with E-state index in [9.17, 15) is 0 Å². The molecular weight excluding hydrogens is 174 g/mol. The molecule has 0 aliphatic heterocycles. The van der Waals surface area contributed by atoms with Gasteiger partial charge in [0.2, 0.25) is 0 Å². The smallest absolute Gasteiger partial charge is 0.191 e. The van der Waals surface area contributed by atoms with Crippen LogP contribution < -0.4 is 11.5 Å². The molecule has 0 aliphatic carbocycles. The highest BCUT2D eigenvalue weighted by Gasteiger charge is 1.90. The average Bonchev–Trinajstić information content (AvgIpc) is 2.21. The Morgan fingerprint density at radius 3 is 2.00 bits per heavy atom. The number of benzene rings is 1. The van der Waals surface area contributed by atoms with Crippen molar-refractivity contribution in [1.29, 1.82) is 0 Å². The number of aryl methyl sites for hydroxylation is 1. The summed E-state index contributed by atoms with van der Waals surface area (Å²) in [7, 11) is 0. The molecule has 14 heavy (non-hydrogen) atoms. The van der Waals surface area contributed by atoms with Crippen molar-refractivity contribution in [2.24, 2.45) is 16.5 Å². The fraction of sp³-hybridized carbons (Fsp3) is 0.364. The van der Waals surface area contributed by atoms with Gasteiger partial charge in [0.05, 0.1) is 5.69 Å². The van der Waals surface area contributed by atoms with E-state index in [1.54, 1.807) is 0 Å². The van der Waals surface area contributed by atoms with E-state index in [4.69, 9.17) is 11.5 Å². The van der Waals surface area contributed by atoms with Gasteiger partial charge in [-0.3, -0.25) is 0 Å². The fourth-order valence-electron chi connectivity index (χ4n) is 0.955. The number of guanidine groups is 1. The maximum atomic E-state index is 5.22. The van der Waals surface area contributed by atoms with Gasteiger partial charge in [-0.2, -0.15) is 0 Å². The van der Waals surface area contributed by atoms with Crippen LogP contribution in [0, 0.1) is 0 Å². The SMILES string of the molecule is CC.CCc1ccc(N=C(N)N)cc1. The summed E-state index contributed by atoms with van der Waals surface area (Å²) in [5, 5.41) is 0. The van der Waals surface area contributed by atoms with Crippen LogP contribution in [0.2, 0.25) is 0 Å². The molecule has 0 bridgehead atoms. The molecule has 0 amide bonds. The summed E-state index contributed by atoms with van der Waals surface area (Å²) >= 11 is 0. The van der Waals surface area contributed by atoms with Gasteiger partial charge in [0.25, 0.3) is 0 Å². The van der Waals surface area contributed by atoms with Gasteiger partial charge in [-0.15, -0.1) is 0 Å². The monoisotopic (exact) mass is 193 g/mol. The van der Waals surface area contributed by atoms with E-state index in [2.05, 4.69) is 11.9 Å². The lowest BCUT2D eigenvalue weighted by molar-refractivity contribution is 1.14. The van der Waals surface area contributed by atoms with E-state index >= 15 is 0 Å². The first-order chi connectivity index (χ1) is 6.72. The first kappa shape index (κ1) is 12.5. The average molecular weight is 193 g/mol. The minimum absolute atomic E-state index is 0.0965. The molecular formula is C11H19N3. The number of nitrogens with two attached hydrogens (primary N) is 2. The first-order valence-corrected chi connectivity index (χ1v) is 4.91. The van der Waals surface area contributed by atoms with Gasteiger partial charge in [0.15, 0.2) is 5.96 Å². The summed E-state index contributed by atoms with van der Waals surface area (Å²) in [6, 6.07) is 7.83. The highest BCUT2D eigenvalue weighted by atomic mass is 15.0. The quantitative estimate of drug-likeness (QED) is 0.558. The Bertz CT molecular complexity index is 271. The van der Waals surface area contributed by atoms with Crippen molar-refractivity contribution < 1.29 is 0 Å². The molecule has 4 N–H and O–H groups in total. The fourth-order valence-corrected chi connectivity index (χ4v) is 0.955. The van der Waals surface area contributed by atoms with E-state index in [0.29, 0.717) is 0 Å². The van der Waals surface area contributed by atoms with Gasteiger partial charge in [0, 0.05) is 0 Å². The third kappa shape index (κ3) is 4.50. The van der Waals surface area contributed by atoms with Crippen molar-refractivity contribution in [3.05, 3.63) is 29.8 Å². The summed E-state index contributed by atoms with van der Waals surface area (Å²) < 4.78 is 0. The van der Waals surface area contributed by atoms with Crippen LogP contribution in [0.3, 0.4) is 0 Å². The molecule has 0 atom stereocenters. The van der Waals surface area contributed by atoms with Gasteiger partial charge in [-0.1, -0.05) is 32.9 Å². The van der Waals surface area contributed by atoms with Crippen LogP contribution in [0.5, 0.6) is 0 Å². The molecule has 1 aromatic rings. The van der Waals surface area contributed by atoms with Crippen molar-refractivity contribution in [2.45, 2.75) is 27.2 Å². The Morgan fingerprint density at radius 2 is 1.64 bits per heavy atom. The van der Waals surface area contributed by atoms with Crippen LogP contribution in [0.4, 0.5) is 5.69 Å². The zero-order valence-corrected chi connectivity index (χ0v) is 9.12.